The molecule has 0 unspecified atom stereocenters. The molecule has 2 aromatic carbocycles. The molecular formula is C22H25FN2O2. The molecule has 1 spiro atoms. The van der Waals surface area contributed by atoms with Crippen molar-refractivity contribution in [1.82, 2.24) is 9.80 Å². The van der Waals surface area contributed by atoms with E-state index >= 15 is 0 Å². The summed E-state index contributed by atoms with van der Waals surface area (Å²) in [6.45, 7) is 3.58. The third-order valence-electron chi connectivity index (χ3n) is 6.16. The van der Waals surface area contributed by atoms with Crippen LogP contribution in [0.1, 0.15) is 30.4 Å². The van der Waals surface area contributed by atoms with Gasteiger partial charge in [-0.3, -0.25) is 9.69 Å². The van der Waals surface area contributed by atoms with E-state index < -0.39 is 0 Å². The number of amides is 1. The van der Waals surface area contributed by atoms with Crippen molar-refractivity contribution in [3.63, 3.8) is 0 Å². The van der Waals surface area contributed by atoms with E-state index in [1.807, 2.05) is 36.1 Å². The first-order chi connectivity index (χ1) is 13.1. The van der Waals surface area contributed by atoms with Gasteiger partial charge in [-0.15, -0.1) is 0 Å². The summed E-state index contributed by atoms with van der Waals surface area (Å²) in [5.74, 6) is 0.0513. The Bertz CT molecular complexity index is 820. The van der Waals surface area contributed by atoms with Crippen molar-refractivity contribution in [3.05, 3.63) is 71.5 Å². The molecule has 0 bridgehead atoms. The van der Waals surface area contributed by atoms with Gasteiger partial charge in [-0.25, -0.2) is 4.39 Å². The van der Waals surface area contributed by atoms with E-state index in [-0.39, 0.29) is 35.8 Å². The van der Waals surface area contributed by atoms with Gasteiger partial charge in [-0.2, -0.15) is 0 Å². The highest BCUT2D eigenvalue weighted by atomic mass is 19.1. The number of aliphatic hydroxyl groups is 1. The van der Waals surface area contributed by atoms with Crippen molar-refractivity contribution in [2.24, 2.45) is 0 Å². The van der Waals surface area contributed by atoms with Gasteiger partial charge in [0.1, 0.15) is 5.82 Å². The number of hydrogen-bond acceptors (Lipinski definition) is 3. The summed E-state index contributed by atoms with van der Waals surface area (Å²) in [7, 11) is 0. The van der Waals surface area contributed by atoms with E-state index in [2.05, 4.69) is 17.0 Å². The number of hydrogen-bond donors (Lipinski definition) is 1. The standard InChI is InChI=1S/C22H25FN2O2/c1-2-20(27)24-14-22(15-24)21(16-8-4-3-5-9-16)19(13-26)25(22)12-17-10-6-7-11-18(17)23/h3-11,19,21,26H,2,12-15H2,1H3/t19-,21+/m1/s1. The van der Waals surface area contributed by atoms with Gasteiger partial charge in [0, 0.05) is 43.6 Å². The fraction of sp³-hybridized carbons (Fsp3) is 0.409. The van der Waals surface area contributed by atoms with Gasteiger partial charge in [0.05, 0.1) is 12.1 Å². The topological polar surface area (TPSA) is 43.8 Å². The maximum Gasteiger partial charge on any atom is 0.222 e. The van der Waals surface area contributed by atoms with Crippen LogP contribution in [0.4, 0.5) is 4.39 Å². The van der Waals surface area contributed by atoms with E-state index in [0.29, 0.717) is 31.6 Å². The fourth-order valence-electron chi connectivity index (χ4n) is 4.84. The number of halogens is 1. The lowest BCUT2D eigenvalue weighted by Crippen LogP contribution is -2.84. The quantitative estimate of drug-likeness (QED) is 0.883. The number of carbonyl (C=O) groups excluding carboxylic acids is 1. The molecule has 0 aromatic heterocycles. The Morgan fingerprint density at radius 2 is 1.81 bits per heavy atom. The second-order valence-electron chi connectivity index (χ2n) is 7.56. The lowest BCUT2D eigenvalue weighted by atomic mass is 9.60. The highest BCUT2D eigenvalue weighted by Gasteiger charge is 2.66. The molecule has 4 nitrogen and oxygen atoms in total. The molecule has 0 radical (unpaired) electrons. The van der Waals surface area contributed by atoms with Gasteiger partial charge < -0.3 is 10.0 Å². The summed E-state index contributed by atoms with van der Waals surface area (Å²) in [4.78, 5) is 16.2. The van der Waals surface area contributed by atoms with Crippen LogP contribution in [0.3, 0.4) is 0 Å². The van der Waals surface area contributed by atoms with Gasteiger partial charge in [0.2, 0.25) is 5.91 Å². The molecule has 0 aliphatic carbocycles. The number of aliphatic hydroxyl groups excluding tert-OH is 1. The van der Waals surface area contributed by atoms with Crippen LogP contribution in [-0.2, 0) is 11.3 Å². The summed E-state index contributed by atoms with van der Waals surface area (Å²) in [5, 5.41) is 10.1. The predicted molar refractivity (Wildman–Crippen MR) is 102 cm³/mol. The van der Waals surface area contributed by atoms with Crippen molar-refractivity contribution < 1.29 is 14.3 Å². The lowest BCUT2D eigenvalue weighted by Gasteiger charge is -2.70. The Kier molecular flexibility index (Phi) is 4.74. The van der Waals surface area contributed by atoms with Gasteiger partial charge in [0.25, 0.3) is 0 Å². The Hall–Kier alpha value is -2.24. The average molecular weight is 368 g/mol. The smallest absolute Gasteiger partial charge is 0.222 e. The molecule has 5 heteroatoms. The minimum absolute atomic E-state index is 0.0114. The minimum atomic E-state index is -0.234. The molecule has 2 saturated heterocycles. The molecular weight excluding hydrogens is 343 g/mol. The van der Waals surface area contributed by atoms with Crippen LogP contribution < -0.4 is 0 Å². The zero-order valence-electron chi connectivity index (χ0n) is 15.5. The van der Waals surface area contributed by atoms with Crippen LogP contribution in [0, 0.1) is 5.82 Å². The first-order valence-electron chi connectivity index (χ1n) is 9.54. The second kappa shape index (κ2) is 7.06. The van der Waals surface area contributed by atoms with Crippen LogP contribution in [0.5, 0.6) is 0 Å². The van der Waals surface area contributed by atoms with E-state index in [0.717, 1.165) is 0 Å². The third-order valence-corrected chi connectivity index (χ3v) is 6.16. The van der Waals surface area contributed by atoms with Gasteiger partial charge in [-0.05, 0) is 11.6 Å². The van der Waals surface area contributed by atoms with Crippen molar-refractivity contribution in [2.75, 3.05) is 19.7 Å². The minimum Gasteiger partial charge on any atom is -0.395 e. The van der Waals surface area contributed by atoms with Crippen LogP contribution in [-0.4, -0.2) is 52.1 Å². The molecule has 0 saturated carbocycles. The van der Waals surface area contributed by atoms with Crippen molar-refractivity contribution in [3.8, 4) is 0 Å². The van der Waals surface area contributed by atoms with E-state index in [4.69, 9.17) is 0 Å². The van der Waals surface area contributed by atoms with Crippen LogP contribution in [0.2, 0.25) is 0 Å². The third kappa shape index (κ3) is 2.86. The van der Waals surface area contributed by atoms with Crippen molar-refractivity contribution in [1.29, 1.82) is 0 Å². The number of nitrogens with zero attached hydrogens (tertiary/aromatic N) is 2. The first kappa shape index (κ1) is 18.1. The second-order valence-corrected chi connectivity index (χ2v) is 7.56. The van der Waals surface area contributed by atoms with E-state index in [9.17, 15) is 14.3 Å². The molecule has 2 aromatic rings. The van der Waals surface area contributed by atoms with Crippen LogP contribution in [0.25, 0.3) is 0 Å². The molecule has 2 aliphatic rings. The Labute approximate surface area is 159 Å². The maximum absolute atomic E-state index is 14.2. The molecule has 1 N–H and O–H groups in total. The number of benzene rings is 2. The summed E-state index contributed by atoms with van der Waals surface area (Å²) in [6, 6.07) is 16.9. The Morgan fingerprint density at radius 3 is 2.44 bits per heavy atom. The largest absolute Gasteiger partial charge is 0.395 e. The maximum atomic E-state index is 14.2. The van der Waals surface area contributed by atoms with E-state index in [1.165, 1.54) is 11.6 Å². The molecule has 2 fully saturated rings. The van der Waals surface area contributed by atoms with Gasteiger partial charge in [0.15, 0.2) is 0 Å². The number of rotatable bonds is 5. The Balaban J connectivity index is 1.65. The first-order valence-corrected chi connectivity index (χ1v) is 9.54. The molecule has 27 heavy (non-hydrogen) atoms. The fourth-order valence-corrected chi connectivity index (χ4v) is 4.84. The zero-order valence-corrected chi connectivity index (χ0v) is 15.5. The summed E-state index contributed by atoms with van der Waals surface area (Å²) in [5.41, 5.74) is 1.56. The highest BCUT2D eigenvalue weighted by molar-refractivity contribution is 5.77. The average Bonchev–Trinajstić information content (AvgIpc) is 2.65. The zero-order chi connectivity index (χ0) is 19.0. The molecule has 4 rings (SSSR count). The SMILES string of the molecule is CCC(=O)N1CC2(C1)[C@@H](c1ccccc1)[C@@H](CO)N2Cc1ccccc1F. The molecule has 2 atom stereocenters. The number of likely N-dealkylation sites (tertiary alicyclic amines) is 2. The summed E-state index contributed by atoms with van der Waals surface area (Å²) in [6.07, 6.45) is 0.489. The molecule has 1 amide bonds. The highest BCUT2D eigenvalue weighted by Crippen LogP contribution is 2.54. The number of carbonyl (C=O) groups is 1. The molecule has 2 aliphatic heterocycles. The predicted octanol–water partition coefficient (Wildman–Crippen LogP) is 2.78. The van der Waals surface area contributed by atoms with Crippen molar-refractivity contribution >= 4 is 5.91 Å². The van der Waals surface area contributed by atoms with Crippen LogP contribution >= 0.6 is 0 Å². The van der Waals surface area contributed by atoms with Gasteiger partial charge in [-0.1, -0.05) is 55.5 Å². The molecule has 142 valence electrons. The van der Waals surface area contributed by atoms with Crippen molar-refractivity contribution in [2.45, 2.75) is 37.4 Å². The normalized spacial score (nSPS) is 23.7. The molecule has 2 heterocycles. The lowest BCUT2D eigenvalue weighted by molar-refractivity contribution is -0.200. The van der Waals surface area contributed by atoms with Crippen LogP contribution in [0.15, 0.2) is 54.6 Å². The van der Waals surface area contributed by atoms with E-state index in [1.54, 1.807) is 12.1 Å². The Morgan fingerprint density at radius 1 is 1.15 bits per heavy atom. The monoisotopic (exact) mass is 368 g/mol. The van der Waals surface area contributed by atoms with Gasteiger partial charge >= 0.3 is 0 Å². The summed E-state index contributed by atoms with van der Waals surface area (Å²) < 4.78 is 14.2. The summed E-state index contributed by atoms with van der Waals surface area (Å²) >= 11 is 0.